The number of fused-ring (bicyclic) bond motifs is 1. The minimum absolute atomic E-state index is 0.00648. The highest BCUT2D eigenvalue weighted by Crippen LogP contribution is 2.37. The van der Waals surface area contributed by atoms with Crippen molar-refractivity contribution in [2.75, 3.05) is 13.7 Å². The van der Waals surface area contributed by atoms with Crippen LogP contribution in [0, 0.1) is 29.1 Å². The molecule has 2 heterocycles. The van der Waals surface area contributed by atoms with Crippen molar-refractivity contribution in [3.05, 3.63) is 24.0 Å². The summed E-state index contributed by atoms with van der Waals surface area (Å²) < 4.78 is 5.30. The second-order valence-corrected chi connectivity index (χ2v) is 8.65. The van der Waals surface area contributed by atoms with E-state index in [2.05, 4.69) is 26.7 Å². The summed E-state index contributed by atoms with van der Waals surface area (Å²) in [5.74, 6) is -0.278. The number of aromatic nitrogens is 2. The number of nitrogens with one attached hydrogen (secondary N) is 3. The van der Waals surface area contributed by atoms with Crippen LogP contribution < -0.4 is 15.4 Å². The Morgan fingerprint density at radius 3 is 2.78 bits per heavy atom. The molecule has 2 fully saturated rings. The summed E-state index contributed by atoms with van der Waals surface area (Å²) in [4.78, 5) is 45.2. The molecule has 3 N–H and O–H groups in total. The van der Waals surface area contributed by atoms with Crippen LogP contribution in [0.5, 0.6) is 5.75 Å². The Morgan fingerprint density at radius 2 is 2.12 bits per heavy atom. The van der Waals surface area contributed by atoms with E-state index in [4.69, 9.17) is 4.74 Å². The maximum Gasteiger partial charge on any atom is 0.224 e. The van der Waals surface area contributed by atoms with Crippen molar-refractivity contribution in [2.45, 2.75) is 44.6 Å². The van der Waals surface area contributed by atoms with Gasteiger partial charge < -0.3 is 20.4 Å². The molecule has 1 aromatic carbocycles. The van der Waals surface area contributed by atoms with Crippen molar-refractivity contribution in [1.29, 1.82) is 5.26 Å². The molecule has 1 saturated carbocycles. The first-order valence-electron chi connectivity index (χ1n) is 11.0. The fourth-order valence-corrected chi connectivity index (χ4v) is 4.25. The fraction of sp³-hybridized carbons (Fsp3) is 0.522. The van der Waals surface area contributed by atoms with Gasteiger partial charge in [-0.3, -0.25) is 14.4 Å². The fourth-order valence-electron chi connectivity index (χ4n) is 4.25. The number of hydrogen-bond donors (Lipinski definition) is 3. The van der Waals surface area contributed by atoms with Crippen LogP contribution in [-0.2, 0) is 9.59 Å². The molecule has 4 rings (SSSR count). The minimum Gasteiger partial charge on any atom is -0.494 e. The molecule has 1 saturated heterocycles. The van der Waals surface area contributed by atoms with Crippen LogP contribution in [0.15, 0.2) is 18.2 Å². The summed E-state index contributed by atoms with van der Waals surface area (Å²) in [5, 5.41) is 15.0. The van der Waals surface area contributed by atoms with Gasteiger partial charge >= 0.3 is 0 Å². The summed E-state index contributed by atoms with van der Waals surface area (Å²) in [7, 11) is 1.54. The Balaban J connectivity index is 1.44. The van der Waals surface area contributed by atoms with E-state index in [1.54, 1.807) is 13.2 Å². The number of benzene rings is 1. The second kappa shape index (κ2) is 9.39. The quantitative estimate of drug-likeness (QED) is 0.487. The van der Waals surface area contributed by atoms with Gasteiger partial charge in [0.15, 0.2) is 11.6 Å². The summed E-state index contributed by atoms with van der Waals surface area (Å²) in [5.41, 5.74) is 1.26. The van der Waals surface area contributed by atoms with Crippen molar-refractivity contribution in [3.8, 4) is 11.8 Å². The number of aromatic amines is 1. The van der Waals surface area contributed by atoms with E-state index in [0.29, 0.717) is 42.1 Å². The lowest BCUT2D eigenvalue weighted by atomic mass is 9.93. The lowest BCUT2D eigenvalue weighted by Crippen LogP contribution is -2.40. The van der Waals surface area contributed by atoms with Gasteiger partial charge in [-0.05, 0) is 37.3 Å². The monoisotopic (exact) mass is 437 g/mol. The van der Waals surface area contributed by atoms with Gasteiger partial charge in [-0.2, -0.15) is 5.26 Å². The zero-order valence-electron chi connectivity index (χ0n) is 18.0. The summed E-state index contributed by atoms with van der Waals surface area (Å²) in [6.07, 6.45) is 3.64. The van der Waals surface area contributed by atoms with Crippen LogP contribution in [0.25, 0.3) is 11.0 Å². The molecule has 2 aliphatic rings. The molecule has 2 amide bonds. The number of Topliss-reactive ketones (excluding diaryl/α,β-unsaturated/α-hetero) is 1. The average molecular weight is 438 g/mol. The topological polar surface area (TPSA) is 137 Å². The van der Waals surface area contributed by atoms with E-state index in [1.165, 1.54) is 0 Å². The number of rotatable bonds is 10. The summed E-state index contributed by atoms with van der Waals surface area (Å²) >= 11 is 0. The number of carbonyl (C=O) groups is 3. The molecule has 168 valence electrons. The third-order valence-electron chi connectivity index (χ3n) is 6.23. The number of amides is 2. The highest BCUT2D eigenvalue weighted by atomic mass is 16.5. The number of hydrogen-bond acceptors (Lipinski definition) is 6. The predicted octanol–water partition coefficient (Wildman–Crippen LogP) is 2.10. The highest BCUT2D eigenvalue weighted by molar-refractivity contribution is 5.99. The smallest absolute Gasteiger partial charge is 0.224 e. The number of ketones is 1. The molecule has 3 atom stereocenters. The number of carbonyl (C=O) groups excluding carboxylic acids is 3. The number of nitriles is 1. The van der Waals surface area contributed by atoms with E-state index < -0.39 is 12.0 Å². The molecule has 9 heteroatoms. The van der Waals surface area contributed by atoms with Gasteiger partial charge in [0.05, 0.1) is 18.7 Å². The van der Waals surface area contributed by atoms with E-state index in [0.717, 1.165) is 12.8 Å². The van der Waals surface area contributed by atoms with E-state index in [1.807, 2.05) is 12.1 Å². The lowest BCUT2D eigenvalue weighted by molar-refractivity contribution is -0.127. The Morgan fingerprint density at radius 1 is 1.31 bits per heavy atom. The average Bonchev–Trinajstić information content (AvgIpc) is 3.35. The minimum atomic E-state index is -0.761. The van der Waals surface area contributed by atoms with Crippen molar-refractivity contribution >= 4 is 28.6 Å². The maximum absolute atomic E-state index is 13.0. The standard InChI is InChI=1S/C23H27N5O4/c1-32-19-4-2-3-17-20(19)28-21(27-17)18(29)11-15(9-13-5-6-13)23(31)26-16(12-24)10-14-7-8-25-22(14)30/h2-4,13-16H,5-11H2,1H3,(H,25,30)(H,26,31)(H,27,28)/t14-,15+,16-/m0/s1. The second-order valence-electron chi connectivity index (χ2n) is 8.65. The first-order chi connectivity index (χ1) is 15.5. The molecule has 0 spiro atoms. The largest absolute Gasteiger partial charge is 0.494 e. The first-order valence-corrected chi connectivity index (χ1v) is 11.0. The molecule has 0 bridgehead atoms. The van der Waals surface area contributed by atoms with Gasteiger partial charge in [-0.1, -0.05) is 18.9 Å². The Labute approximate surface area is 185 Å². The predicted molar refractivity (Wildman–Crippen MR) is 116 cm³/mol. The van der Waals surface area contributed by atoms with Crippen molar-refractivity contribution in [2.24, 2.45) is 17.8 Å². The molecular formula is C23H27N5O4. The van der Waals surface area contributed by atoms with E-state index in [-0.39, 0.29) is 42.2 Å². The molecule has 32 heavy (non-hydrogen) atoms. The number of nitrogens with zero attached hydrogens (tertiary/aromatic N) is 2. The molecule has 1 aliphatic carbocycles. The van der Waals surface area contributed by atoms with Crippen molar-refractivity contribution in [3.63, 3.8) is 0 Å². The zero-order valence-corrected chi connectivity index (χ0v) is 18.0. The Kier molecular flexibility index (Phi) is 6.40. The normalized spacial score (nSPS) is 19.8. The molecule has 9 nitrogen and oxygen atoms in total. The van der Waals surface area contributed by atoms with Crippen LogP contribution in [0.1, 0.15) is 49.1 Å². The molecular weight excluding hydrogens is 410 g/mol. The van der Waals surface area contributed by atoms with Gasteiger partial charge in [0.2, 0.25) is 11.8 Å². The van der Waals surface area contributed by atoms with Crippen LogP contribution in [0.3, 0.4) is 0 Å². The first kappa shape index (κ1) is 21.8. The van der Waals surface area contributed by atoms with Gasteiger partial charge in [0.25, 0.3) is 0 Å². The van der Waals surface area contributed by atoms with Crippen molar-refractivity contribution in [1.82, 2.24) is 20.6 Å². The number of imidazole rings is 1. The van der Waals surface area contributed by atoms with Crippen molar-refractivity contribution < 1.29 is 19.1 Å². The van der Waals surface area contributed by atoms with Gasteiger partial charge in [-0.15, -0.1) is 0 Å². The highest BCUT2D eigenvalue weighted by Gasteiger charge is 2.34. The Bertz CT molecular complexity index is 1070. The van der Waals surface area contributed by atoms with E-state index >= 15 is 0 Å². The summed E-state index contributed by atoms with van der Waals surface area (Å²) in [6.45, 7) is 0.594. The number of para-hydroxylation sites is 1. The molecule has 2 aromatic rings. The third-order valence-corrected chi connectivity index (χ3v) is 6.23. The number of methoxy groups -OCH3 is 1. The van der Waals surface area contributed by atoms with Gasteiger partial charge in [0.1, 0.15) is 17.3 Å². The molecule has 0 unspecified atom stereocenters. The molecule has 0 radical (unpaired) electrons. The van der Waals surface area contributed by atoms with Crippen LogP contribution >= 0.6 is 0 Å². The lowest BCUT2D eigenvalue weighted by Gasteiger charge is -2.19. The van der Waals surface area contributed by atoms with E-state index in [9.17, 15) is 19.6 Å². The summed E-state index contributed by atoms with van der Waals surface area (Å²) in [6, 6.07) is 6.72. The number of H-pyrrole nitrogens is 1. The third kappa shape index (κ3) is 4.90. The molecule has 1 aliphatic heterocycles. The number of ether oxygens (including phenoxy) is 1. The SMILES string of the molecule is COc1cccc2[nH]c(C(=O)C[C@@H](CC3CC3)C(=O)N[C@H](C#N)C[C@@H]3CCNC3=O)nc12. The van der Waals surface area contributed by atoms with Crippen LogP contribution in [0.4, 0.5) is 0 Å². The van der Waals surface area contributed by atoms with Gasteiger partial charge in [-0.25, -0.2) is 4.98 Å². The van der Waals surface area contributed by atoms with Crippen LogP contribution in [0.2, 0.25) is 0 Å². The Hall–Kier alpha value is -3.41. The maximum atomic E-state index is 13.0. The zero-order chi connectivity index (χ0) is 22.7. The van der Waals surface area contributed by atoms with Gasteiger partial charge in [0, 0.05) is 24.8 Å². The molecule has 1 aromatic heterocycles. The van der Waals surface area contributed by atoms with Crippen LogP contribution in [-0.4, -0.2) is 47.3 Å².